The van der Waals surface area contributed by atoms with E-state index in [2.05, 4.69) is 31.1 Å². The number of H-pyrrole nitrogens is 1. The molecule has 0 bridgehead atoms. The highest BCUT2D eigenvalue weighted by Gasteiger charge is 2.41. The second kappa shape index (κ2) is 7.12. The fourth-order valence-electron chi connectivity index (χ4n) is 3.84. The summed E-state index contributed by atoms with van der Waals surface area (Å²) < 4.78 is 6.96. The van der Waals surface area contributed by atoms with Crippen LogP contribution in [0.1, 0.15) is 35.6 Å². The number of amides is 1. The molecule has 0 fully saturated rings. The predicted molar refractivity (Wildman–Crippen MR) is 117 cm³/mol. The van der Waals surface area contributed by atoms with Crippen molar-refractivity contribution in [2.75, 3.05) is 0 Å². The van der Waals surface area contributed by atoms with E-state index in [0.29, 0.717) is 29.5 Å². The Morgan fingerprint density at radius 1 is 1.20 bits per heavy atom. The zero-order valence-electron chi connectivity index (χ0n) is 17.1. The van der Waals surface area contributed by atoms with Gasteiger partial charge in [-0.25, -0.2) is 0 Å². The Hall–Kier alpha value is -2.87. The van der Waals surface area contributed by atoms with Gasteiger partial charge in [0.15, 0.2) is 11.3 Å². The van der Waals surface area contributed by atoms with Gasteiger partial charge in [0.1, 0.15) is 11.5 Å². The molecule has 0 radical (unpaired) electrons. The van der Waals surface area contributed by atoms with Gasteiger partial charge in [-0.05, 0) is 69.0 Å². The molecule has 30 heavy (non-hydrogen) atoms. The van der Waals surface area contributed by atoms with Crippen LogP contribution in [0.15, 0.2) is 32.9 Å². The Balaban J connectivity index is 1.67. The lowest BCUT2D eigenvalue weighted by Gasteiger charge is -2.35. The SMILES string of the molecule is Cc1c(C)c2c(c(C)c1O)CCC(C)(C(=O)N=Nc1c(O)[nH]c3ccc(Br)cc13)O2. The lowest BCUT2D eigenvalue weighted by molar-refractivity contribution is -0.133. The highest BCUT2D eigenvalue weighted by molar-refractivity contribution is 9.10. The Bertz CT molecular complexity index is 1230. The van der Waals surface area contributed by atoms with E-state index in [-0.39, 0.29) is 17.3 Å². The first-order valence-corrected chi connectivity index (χ1v) is 10.4. The van der Waals surface area contributed by atoms with Crippen molar-refractivity contribution in [2.45, 2.75) is 46.1 Å². The topological polar surface area (TPSA) is 107 Å². The predicted octanol–water partition coefficient (Wildman–Crippen LogP) is 5.66. The molecule has 0 spiro atoms. The maximum Gasteiger partial charge on any atom is 0.307 e. The number of phenolic OH excluding ortho intramolecular Hbond substituents is 1. The Morgan fingerprint density at radius 2 is 1.93 bits per heavy atom. The van der Waals surface area contributed by atoms with Crippen LogP contribution in [0.25, 0.3) is 10.9 Å². The molecule has 1 amide bonds. The van der Waals surface area contributed by atoms with Crippen LogP contribution in [0.5, 0.6) is 17.4 Å². The molecule has 1 aliphatic heterocycles. The molecule has 3 aromatic rings. The molecular formula is C22H22BrN3O4. The van der Waals surface area contributed by atoms with Crippen LogP contribution in [-0.2, 0) is 11.2 Å². The normalized spacial score (nSPS) is 18.6. The number of rotatable bonds is 2. The maximum atomic E-state index is 13.0. The molecular weight excluding hydrogens is 450 g/mol. The maximum absolute atomic E-state index is 13.0. The van der Waals surface area contributed by atoms with Gasteiger partial charge in [0.25, 0.3) is 0 Å². The van der Waals surface area contributed by atoms with Crippen molar-refractivity contribution in [3.8, 4) is 17.4 Å². The number of nitrogens with zero attached hydrogens (tertiary/aromatic N) is 2. The highest BCUT2D eigenvalue weighted by atomic mass is 79.9. The third kappa shape index (κ3) is 3.15. The van der Waals surface area contributed by atoms with E-state index in [1.54, 1.807) is 19.1 Å². The third-order valence-corrected chi connectivity index (χ3v) is 6.42. The lowest BCUT2D eigenvalue weighted by atomic mass is 9.87. The van der Waals surface area contributed by atoms with Gasteiger partial charge in [0.05, 0.1) is 5.52 Å². The number of carbonyl (C=O) groups excluding carboxylic acids is 1. The second-order valence-electron chi connectivity index (χ2n) is 7.88. The molecule has 4 rings (SSSR count). The van der Waals surface area contributed by atoms with Crippen LogP contribution < -0.4 is 4.74 Å². The average molecular weight is 472 g/mol. The Labute approximate surface area is 181 Å². The van der Waals surface area contributed by atoms with Crippen LogP contribution in [0.4, 0.5) is 5.69 Å². The van der Waals surface area contributed by atoms with E-state index < -0.39 is 11.5 Å². The van der Waals surface area contributed by atoms with E-state index in [4.69, 9.17) is 4.74 Å². The fraction of sp³-hybridized carbons (Fsp3) is 0.318. The molecule has 0 saturated carbocycles. The first-order chi connectivity index (χ1) is 14.1. The molecule has 0 aliphatic carbocycles. The number of benzene rings is 2. The van der Waals surface area contributed by atoms with Gasteiger partial charge in [-0.15, -0.1) is 10.2 Å². The molecule has 2 heterocycles. The number of azo groups is 1. The van der Waals surface area contributed by atoms with Gasteiger partial charge in [-0.1, -0.05) is 15.9 Å². The largest absolute Gasteiger partial charge is 0.507 e. The number of aromatic hydroxyl groups is 2. The monoisotopic (exact) mass is 471 g/mol. The van der Waals surface area contributed by atoms with Crippen LogP contribution in [-0.4, -0.2) is 26.7 Å². The minimum Gasteiger partial charge on any atom is -0.507 e. The van der Waals surface area contributed by atoms with Crippen LogP contribution in [0.3, 0.4) is 0 Å². The molecule has 7 nitrogen and oxygen atoms in total. The number of fused-ring (bicyclic) bond motifs is 2. The third-order valence-electron chi connectivity index (χ3n) is 5.93. The van der Waals surface area contributed by atoms with Gasteiger partial charge >= 0.3 is 5.91 Å². The molecule has 1 unspecified atom stereocenters. The first kappa shape index (κ1) is 20.4. The summed E-state index contributed by atoms with van der Waals surface area (Å²) in [5.41, 5.74) is 2.94. The van der Waals surface area contributed by atoms with Crippen molar-refractivity contribution in [2.24, 2.45) is 10.2 Å². The van der Waals surface area contributed by atoms with Crippen LogP contribution >= 0.6 is 15.9 Å². The van der Waals surface area contributed by atoms with Gasteiger partial charge < -0.3 is 19.9 Å². The van der Waals surface area contributed by atoms with Gasteiger partial charge in [-0.2, -0.15) is 0 Å². The first-order valence-electron chi connectivity index (χ1n) is 9.59. The summed E-state index contributed by atoms with van der Waals surface area (Å²) in [5, 5.41) is 29.1. The summed E-state index contributed by atoms with van der Waals surface area (Å²) in [7, 11) is 0. The average Bonchev–Trinajstić information content (AvgIpc) is 3.03. The van der Waals surface area contributed by atoms with Gasteiger partial charge in [0, 0.05) is 21.8 Å². The van der Waals surface area contributed by atoms with E-state index in [1.165, 1.54) is 0 Å². The van der Waals surface area contributed by atoms with E-state index in [0.717, 1.165) is 26.7 Å². The summed E-state index contributed by atoms with van der Waals surface area (Å²) in [6.07, 6.45) is 0.991. The molecule has 2 aromatic carbocycles. The summed E-state index contributed by atoms with van der Waals surface area (Å²) in [6, 6.07) is 5.43. The van der Waals surface area contributed by atoms with Crippen molar-refractivity contribution in [3.05, 3.63) is 44.9 Å². The molecule has 8 heteroatoms. The minimum atomic E-state index is -1.18. The molecule has 1 atom stereocenters. The number of hydrogen-bond acceptors (Lipinski definition) is 5. The number of halogens is 1. The van der Waals surface area contributed by atoms with E-state index in [1.807, 2.05) is 26.8 Å². The number of nitrogens with one attached hydrogen (secondary N) is 1. The number of hydrogen-bond donors (Lipinski definition) is 3. The molecule has 0 saturated heterocycles. The lowest BCUT2D eigenvalue weighted by Crippen LogP contribution is -2.43. The summed E-state index contributed by atoms with van der Waals surface area (Å²) in [4.78, 5) is 15.8. The Kier molecular flexibility index (Phi) is 4.85. The van der Waals surface area contributed by atoms with Crippen LogP contribution in [0.2, 0.25) is 0 Å². The fourth-order valence-corrected chi connectivity index (χ4v) is 4.20. The molecule has 1 aromatic heterocycles. The molecule has 3 N–H and O–H groups in total. The number of aromatic nitrogens is 1. The molecule has 1 aliphatic rings. The Morgan fingerprint density at radius 3 is 2.67 bits per heavy atom. The standard InChI is InChI=1S/C22H22BrN3O4/c1-10-11(2)19-14(12(3)18(10)27)7-8-22(4,30-19)21(29)26-25-17-15-9-13(23)5-6-16(15)24-20(17)28/h5-6,9,24,27-28H,7-8H2,1-4H3. The second-order valence-corrected chi connectivity index (χ2v) is 8.80. The van der Waals surface area contributed by atoms with Crippen molar-refractivity contribution in [1.29, 1.82) is 0 Å². The number of ether oxygens (including phenoxy) is 1. The van der Waals surface area contributed by atoms with Gasteiger partial charge in [0.2, 0.25) is 5.88 Å². The zero-order chi connectivity index (χ0) is 21.8. The zero-order valence-corrected chi connectivity index (χ0v) is 18.7. The van der Waals surface area contributed by atoms with Crippen molar-refractivity contribution >= 4 is 38.4 Å². The summed E-state index contributed by atoms with van der Waals surface area (Å²) in [5.74, 6) is 0.210. The summed E-state index contributed by atoms with van der Waals surface area (Å²) in [6.45, 7) is 7.24. The van der Waals surface area contributed by atoms with Crippen molar-refractivity contribution < 1.29 is 19.7 Å². The van der Waals surface area contributed by atoms with Gasteiger partial charge in [-0.3, -0.25) is 4.79 Å². The smallest absolute Gasteiger partial charge is 0.307 e. The van der Waals surface area contributed by atoms with Crippen LogP contribution in [0, 0.1) is 20.8 Å². The van der Waals surface area contributed by atoms with E-state index >= 15 is 0 Å². The number of aromatic amines is 1. The highest BCUT2D eigenvalue weighted by Crippen LogP contribution is 2.44. The molecule has 156 valence electrons. The number of carbonyl (C=O) groups is 1. The van der Waals surface area contributed by atoms with E-state index in [9.17, 15) is 15.0 Å². The van der Waals surface area contributed by atoms with Crippen molar-refractivity contribution in [3.63, 3.8) is 0 Å². The quantitative estimate of drug-likeness (QED) is 0.418. The summed E-state index contributed by atoms with van der Waals surface area (Å²) >= 11 is 3.39. The van der Waals surface area contributed by atoms with Crippen molar-refractivity contribution in [1.82, 2.24) is 4.98 Å². The minimum absolute atomic E-state index is 0.155. The number of phenols is 1.